The Hall–Kier alpha value is -2.52. The monoisotopic (exact) mass is 480 g/mol. The van der Waals surface area contributed by atoms with Crippen LogP contribution in [0.5, 0.6) is 0 Å². The van der Waals surface area contributed by atoms with E-state index in [0.29, 0.717) is 0 Å². The van der Waals surface area contributed by atoms with Crippen LogP contribution in [0.2, 0.25) is 0 Å². The highest BCUT2D eigenvalue weighted by Crippen LogP contribution is 2.21. The Morgan fingerprint density at radius 3 is 2.26 bits per heavy atom. The first kappa shape index (κ1) is 33.7. The van der Waals surface area contributed by atoms with Gasteiger partial charge in [-0.3, -0.25) is 4.79 Å². The van der Waals surface area contributed by atoms with Gasteiger partial charge in [-0.25, -0.2) is 4.79 Å². The van der Waals surface area contributed by atoms with E-state index < -0.39 is 36.0 Å². The molecule has 1 aliphatic heterocycles. The van der Waals surface area contributed by atoms with Gasteiger partial charge in [0.05, 0.1) is 11.7 Å². The largest absolute Gasteiger partial charge is 0.507 e. The fraction of sp³-hybridized carbons (Fsp3) is 0.538. The molecule has 4 unspecified atom stereocenters. The van der Waals surface area contributed by atoms with Gasteiger partial charge in [-0.05, 0) is 60.2 Å². The molecule has 0 aromatic rings. The number of nitrogens with one attached hydrogen (secondary N) is 1. The predicted octanol–water partition coefficient (Wildman–Crippen LogP) is 2.71. The van der Waals surface area contributed by atoms with Gasteiger partial charge in [0.15, 0.2) is 5.78 Å². The van der Waals surface area contributed by atoms with Gasteiger partial charge >= 0.3 is 5.97 Å². The van der Waals surface area contributed by atoms with Crippen LogP contribution in [0.15, 0.2) is 60.4 Å². The summed E-state index contributed by atoms with van der Waals surface area (Å²) in [5, 5.41) is 32.7. The third-order valence-corrected chi connectivity index (χ3v) is 4.49. The zero-order chi connectivity index (χ0) is 26.7. The lowest BCUT2D eigenvalue weighted by Crippen LogP contribution is -2.32. The van der Waals surface area contributed by atoms with Crippen molar-refractivity contribution in [1.29, 1.82) is 0 Å². The standard InChI is InChI=1S/C20H26O6.C4H11N.C2H7N/c1-4-5-10-15(21)18-13(2)8-6-11-16(22)19(24)17(23)12-7-9-14(3)26-20(18)25;1-4-5(2)3;1-3-2/h4-8,10,12-14,16,19,21-22,24H,1,9,11H2,2-3H3;4H2,1-3H3;3H,1-2H3/b8-6+,10-5-,12-7-,18-15-;;. The Morgan fingerprint density at radius 2 is 1.76 bits per heavy atom. The summed E-state index contributed by atoms with van der Waals surface area (Å²) in [6.45, 7) is 10.1. The zero-order valence-electron chi connectivity index (χ0n) is 21.7. The number of esters is 1. The van der Waals surface area contributed by atoms with Gasteiger partial charge in [-0.2, -0.15) is 0 Å². The summed E-state index contributed by atoms with van der Waals surface area (Å²) < 4.78 is 5.34. The number of ether oxygens (including phenoxy) is 1. The number of hydrogen-bond acceptors (Lipinski definition) is 8. The first-order valence-corrected chi connectivity index (χ1v) is 11.4. The second-order valence-corrected chi connectivity index (χ2v) is 8.01. The van der Waals surface area contributed by atoms with Crippen LogP contribution in [0.25, 0.3) is 0 Å². The van der Waals surface area contributed by atoms with Crippen molar-refractivity contribution in [2.24, 2.45) is 5.92 Å². The highest BCUT2D eigenvalue weighted by atomic mass is 16.5. The average molecular weight is 481 g/mol. The van der Waals surface area contributed by atoms with Crippen LogP contribution < -0.4 is 5.32 Å². The van der Waals surface area contributed by atoms with Crippen LogP contribution in [0.3, 0.4) is 0 Å². The number of rotatable bonds is 3. The number of aliphatic hydroxyl groups excluding tert-OH is 3. The summed E-state index contributed by atoms with van der Waals surface area (Å²) in [6, 6.07) is 0. The van der Waals surface area contributed by atoms with Crippen molar-refractivity contribution in [2.45, 2.75) is 51.9 Å². The molecule has 0 saturated heterocycles. The van der Waals surface area contributed by atoms with Crippen molar-refractivity contribution in [2.75, 3.05) is 34.7 Å². The summed E-state index contributed by atoms with van der Waals surface area (Å²) in [4.78, 5) is 26.4. The third kappa shape index (κ3) is 15.3. The molecule has 4 atom stereocenters. The maximum Gasteiger partial charge on any atom is 0.338 e. The normalized spacial score (nSPS) is 27.4. The molecule has 8 heteroatoms. The molecule has 0 amide bonds. The molecule has 8 nitrogen and oxygen atoms in total. The Kier molecular flexibility index (Phi) is 19.7. The third-order valence-electron chi connectivity index (χ3n) is 4.49. The van der Waals surface area contributed by atoms with Crippen molar-refractivity contribution in [3.8, 4) is 0 Å². The van der Waals surface area contributed by atoms with Crippen LogP contribution >= 0.6 is 0 Å². The highest BCUT2D eigenvalue weighted by molar-refractivity contribution is 5.93. The number of allylic oxidation sites excluding steroid dienone is 4. The topological polar surface area (TPSA) is 119 Å². The van der Waals surface area contributed by atoms with Crippen LogP contribution in [-0.2, 0) is 14.3 Å². The Labute approximate surface area is 205 Å². The minimum Gasteiger partial charge on any atom is -0.507 e. The smallest absolute Gasteiger partial charge is 0.338 e. The maximum atomic E-state index is 12.5. The molecule has 0 aromatic carbocycles. The van der Waals surface area contributed by atoms with Crippen molar-refractivity contribution in [1.82, 2.24) is 10.2 Å². The van der Waals surface area contributed by atoms with Crippen LogP contribution in [0.4, 0.5) is 0 Å². The number of carbonyl (C=O) groups is 2. The number of carbonyl (C=O) groups excluding carboxylic acids is 2. The number of hydrogen-bond donors (Lipinski definition) is 4. The zero-order valence-corrected chi connectivity index (χ0v) is 21.7. The minimum atomic E-state index is -1.52. The van der Waals surface area contributed by atoms with E-state index in [0.717, 1.165) is 12.6 Å². The van der Waals surface area contributed by atoms with E-state index >= 15 is 0 Å². The van der Waals surface area contributed by atoms with Gasteiger partial charge in [-0.1, -0.05) is 50.8 Å². The lowest BCUT2D eigenvalue weighted by Gasteiger charge is -2.18. The molecular formula is C26H44N2O6. The van der Waals surface area contributed by atoms with Gasteiger partial charge in [0.1, 0.15) is 18.0 Å². The van der Waals surface area contributed by atoms with Crippen LogP contribution in [0.1, 0.15) is 33.6 Å². The summed E-state index contributed by atoms with van der Waals surface area (Å²) in [5.74, 6) is -2.03. The molecule has 0 bridgehead atoms. The second kappa shape index (κ2) is 19.9. The summed E-state index contributed by atoms with van der Waals surface area (Å²) >= 11 is 0. The van der Waals surface area contributed by atoms with Crippen molar-refractivity contribution in [3.05, 3.63) is 60.4 Å². The molecule has 1 aliphatic rings. The van der Waals surface area contributed by atoms with Gasteiger partial charge < -0.3 is 30.3 Å². The Morgan fingerprint density at radius 1 is 1.21 bits per heavy atom. The number of nitrogens with zero attached hydrogens (tertiary/aromatic N) is 1. The average Bonchev–Trinajstić information content (AvgIpc) is 2.77. The predicted molar refractivity (Wildman–Crippen MR) is 137 cm³/mol. The lowest BCUT2D eigenvalue weighted by atomic mass is 9.97. The molecule has 0 spiro atoms. The van der Waals surface area contributed by atoms with Crippen LogP contribution in [-0.4, -0.2) is 85.0 Å². The summed E-state index contributed by atoms with van der Waals surface area (Å²) in [7, 11) is 7.86. The summed E-state index contributed by atoms with van der Waals surface area (Å²) in [6.07, 6.45) is 7.04. The second-order valence-electron chi connectivity index (χ2n) is 8.01. The molecule has 1 rings (SSSR count). The van der Waals surface area contributed by atoms with Gasteiger partial charge in [0.2, 0.25) is 0 Å². The quantitative estimate of drug-likeness (QED) is 0.160. The fourth-order valence-corrected chi connectivity index (χ4v) is 2.38. The molecular weight excluding hydrogens is 436 g/mol. The van der Waals surface area contributed by atoms with Crippen molar-refractivity contribution >= 4 is 11.8 Å². The molecule has 4 N–H and O–H groups in total. The minimum absolute atomic E-state index is 0.0209. The molecule has 0 aliphatic carbocycles. The van der Waals surface area contributed by atoms with Crippen molar-refractivity contribution < 1.29 is 29.6 Å². The van der Waals surface area contributed by atoms with Gasteiger partial charge in [0.25, 0.3) is 0 Å². The van der Waals surface area contributed by atoms with E-state index in [1.54, 1.807) is 26.0 Å². The van der Waals surface area contributed by atoms with E-state index in [4.69, 9.17) is 4.74 Å². The van der Waals surface area contributed by atoms with E-state index in [1.807, 2.05) is 14.1 Å². The number of ketones is 1. The first-order valence-electron chi connectivity index (χ1n) is 11.4. The Bertz CT molecular complexity index is 725. The molecule has 0 radical (unpaired) electrons. The maximum absolute atomic E-state index is 12.5. The molecule has 194 valence electrons. The SMILES string of the molecule is C=C/C=C\C(O)=C1\C(=O)OC(C)C/C=C\C(=O)C(O)C(O)C/C=C/C1C.CCN(C)C.CNC. The highest BCUT2D eigenvalue weighted by Gasteiger charge is 2.24. The van der Waals surface area contributed by atoms with Crippen LogP contribution in [0, 0.1) is 5.92 Å². The number of aliphatic hydroxyl groups is 3. The molecule has 0 saturated carbocycles. The first-order chi connectivity index (χ1) is 16.0. The number of cyclic esters (lactones) is 1. The lowest BCUT2D eigenvalue weighted by molar-refractivity contribution is -0.143. The Balaban J connectivity index is 0. The van der Waals surface area contributed by atoms with Gasteiger partial charge in [0, 0.05) is 12.3 Å². The summed E-state index contributed by atoms with van der Waals surface area (Å²) in [5.41, 5.74) is 0.0679. The molecule has 1 heterocycles. The van der Waals surface area contributed by atoms with E-state index in [9.17, 15) is 24.9 Å². The van der Waals surface area contributed by atoms with Crippen molar-refractivity contribution in [3.63, 3.8) is 0 Å². The fourth-order valence-electron chi connectivity index (χ4n) is 2.38. The molecule has 0 fully saturated rings. The van der Waals surface area contributed by atoms with E-state index in [1.165, 1.54) is 24.3 Å². The van der Waals surface area contributed by atoms with Gasteiger partial charge in [-0.15, -0.1) is 0 Å². The molecule has 34 heavy (non-hydrogen) atoms. The van der Waals surface area contributed by atoms with E-state index in [2.05, 4.69) is 37.8 Å². The van der Waals surface area contributed by atoms with E-state index in [-0.39, 0.29) is 24.2 Å². The molecule has 0 aromatic heterocycles.